The van der Waals surface area contributed by atoms with E-state index in [1.54, 1.807) is 0 Å². The smallest absolute Gasteiger partial charge is 0.409 e. The molecule has 0 unspecified atom stereocenters. The Labute approximate surface area is 78.7 Å². The number of hydrogen-bond acceptors (Lipinski definition) is 4. The van der Waals surface area contributed by atoms with Crippen molar-refractivity contribution in [3.8, 4) is 0 Å². The van der Waals surface area contributed by atoms with Crippen molar-refractivity contribution in [1.82, 2.24) is 4.98 Å². The van der Waals surface area contributed by atoms with Crippen molar-refractivity contribution >= 4 is 29.2 Å². The van der Waals surface area contributed by atoms with Crippen LogP contribution in [0.4, 0.5) is 16.3 Å². The van der Waals surface area contributed by atoms with Gasteiger partial charge in [-0.05, 0) is 6.07 Å². The number of carboxylic acid groups (broad SMARTS) is 1. The second-order valence-electron chi connectivity index (χ2n) is 2.10. The van der Waals surface area contributed by atoms with Crippen LogP contribution in [0.15, 0.2) is 12.3 Å². The van der Waals surface area contributed by atoms with Crippen LogP contribution in [0.2, 0.25) is 5.02 Å². The van der Waals surface area contributed by atoms with Crippen LogP contribution in [0.3, 0.4) is 0 Å². The van der Waals surface area contributed by atoms with Gasteiger partial charge in [-0.15, -0.1) is 0 Å². The molecule has 1 aromatic rings. The number of anilines is 2. The number of nitrogen functional groups attached to an aromatic ring is 1. The minimum Gasteiger partial charge on any atom is -0.465 e. The van der Waals surface area contributed by atoms with Gasteiger partial charge in [0.05, 0.1) is 5.69 Å². The van der Waals surface area contributed by atoms with E-state index in [1.165, 1.54) is 12.3 Å². The lowest BCUT2D eigenvalue weighted by Crippen LogP contribution is -2.12. The number of aromatic nitrogens is 1. The van der Waals surface area contributed by atoms with E-state index in [1.807, 2.05) is 0 Å². The lowest BCUT2D eigenvalue weighted by molar-refractivity contribution is 0.210. The van der Waals surface area contributed by atoms with Gasteiger partial charge in [0.2, 0.25) is 0 Å². The SMILES string of the molecule is NNc1nccc(NC(=O)O)c1Cl. The van der Waals surface area contributed by atoms with E-state index < -0.39 is 6.09 Å². The Morgan fingerprint density at radius 3 is 2.92 bits per heavy atom. The van der Waals surface area contributed by atoms with Crippen molar-refractivity contribution in [2.24, 2.45) is 5.84 Å². The van der Waals surface area contributed by atoms with Crippen LogP contribution in [0, 0.1) is 0 Å². The van der Waals surface area contributed by atoms with Gasteiger partial charge in [0, 0.05) is 6.20 Å². The molecule has 0 radical (unpaired) electrons. The summed E-state index contributed by atoms with van der Waals surface area (Å²) in [5.74, 6) is 5.29. The van der Waals surface area contributed by atoms with E-state index in [0.717, 1.165) is 0 Å². The monoisotopic (exact) mass is 202 g/mol. The number of amides is 1. The van der Waals surface area contributed by atoms with Crippen LogP contribution in [0.25, 0.3) is 0 Å². The van der Waals surface area contributed by atoms with Gasteiger partial charge in [-0.2, -0.15) is 0 Å². The molecule has 7 heteroatoms. The molecule has 6 nitrogen and oxygen atoms in total. The first-order chi connectivity index (χ1) is 6.15. The van der Waals surface area contributed by atoms with E-state index >= 15 is 0 Å². The number of hydrogen-bond donors (Lipinski definition) is 4. The lowest BCUT2D eigenvalue weighted by atomic mass is 10.4. The summed E-state index contributed by atoms with van der Waals surface area (Å²) in [4.78, 5) is 14.0. The summed E-state index contributed by atoms with van der Waals surface area (Å²) in [5, 5.41) is 10.6. The number of nitrogens with one attached hydrogen (secondary N) is 2. The van der Waals surface area contributed by atoms with Crippen molar-refractivity contribution in [2.45, 2.75) is 0 Å². The van der Waals surface area contributed by atoms with Crippen molar-refractivity contribution in [1.29, 1.82) is 0 Å². The molecule has 1 aromatic heterocycles. The molecule has 1 rings (SSSR count). The van der Waals surface area contributed by atoms with E-state index in [-0.39, 0.29) is 16.5 Å². The van der Waals surface area contributed by atoms with E-state index in [0.29, 0.717) is 0 Å². The molecule has 1 amide bonds. The predicted molar refractivity (Wildman–Crippen MR) is 48.7 cm³/mol. The third-order valence-electron chi connectivity index (χ3n) is 1.27. The highest BCUT2D eigenvalue weighted by molar-refractivity contribution is 6.35. The number of carbonyl (C=O) groups is 1. The van der Waals surface area contributed by atoms with Crippen LogP contribution in [0.5, 0.6) is 0 Å². The van der Waals surface area contributed by atoms with Crippen molar-refractivity contribution < 1.29 is 9.90 Å². The molecular formula is C6H7ClN4O2. The molecule has 0 atom stereocenters. The molecule has 13 heavy (non-hydrogen) atoms. The lowest BCUT2D eigenvalue weighted by Gasteiger charge is -2.06. The minimum absolute atomic E-state index is 0.132. The molecule has 0 aliphatic rings. The molecular weight excluding hydrogens is 196 g/mol. The fourth-order valence-corrected chi connectivity index (χ4v) is 0.970. The summed E-state index contributed by atoms with van der Waals surface area (Å²) >= 11 is 5.72. The molecule has 1 heterocycles. The Kier molecular flexibility index (Phi) is 2.88. The van der Waals surface area contributed by atoms with Gasteiger partial charge in [-0.3, -0.25) is 5.32 Å². The molecule has 0 saturated heterocycles. The average molecular weight is 203 g/mol. The second-order valence-corrected chi connectivity index (χ2v) is 2.47. The number of rotatable bonds is 2. The highest BCUT2D eigenvalue weighted by Gasteiger charge is 2.07. The van der Waals surface area contributed by atoms with Crippen molar-refractivity contribution in [3.05, 3.63) is 17.3 Å². The third-order valence-corrected chi connectivity index (χ3v) is 1.65. The Hall–Kier alpha value is -1.53. The van der Waals surface area contributed by atoms with Crippen LogP contribution < -0.4 is 16.6 Å². The van der Waals surface area contributed by atoms with Gasteiger partial charge in [0.25, 0.3) is 0 Å². The van der Waals surface area contributed by atoms with Crippen LogP contribution in [-0.4, -0.2) is 16.2 Å². The maximum absolute atomic E-state index is 10.3. The first kappa shape index (κ1) is 9.56. The van der Waals surface area contributed by atoms with Gasteiger partial charge in [0.15, 0.2) is 5.82 Å². The summed E-state index contributed by atoms with van der Waals surface area (Å²) in [7, 11) is 0. The first-order valence-electron chi connectivity index (χ1n) is 3.26. The summed E-state index contributed by atoms with van der Waals surface area (Å²) in [6, 6.07) is 1.43. The third kappa shape index (κ3) is 2.20. The molecule has 5 N–H and O–H groups in total. The van der Waals surface area contributed by atoms with Gasteiger partial charge in [-0.1, -0.05) is 11.6 Å². The summed E-state index contributed by atoms with van der Waals surface area (Å²) in [5.41, 5.74) is 2.47. The van der Waals surface area contributed by atoms with Crippen molar-refractivity contribution in [2.75, 3.05) is 10.7 Å². The predicted octanol–water partition coefficient (Wildman–Crippen LogP) is 1.11. The Morgan fingerprint density at radius 1 is 1.69 bits per heavy atom. The number of halogens is 1. The van der Waals surface area contributed by atoms with Gasteiger partial charge >= 0.3 is 6.09 Å². The maximum Gasteiger partial charge on any atom is 0.409 e. The molecule has 0 spiro atoms. The van der Waals surface area contributed by atoms with Crippen LogP contribution in [-0.2, 0) is 0 Å². The zero-order valence-corrected chi connectivity index (χ0v) is 7.17. The standard InChI is InChI=1S/C6H7ClN4O2/c7-4-3(10-6(12)13)1-2-9-5(4)11-8/h1-2H,8H2,(H,12,13)(H2,9,10,11). The zero-order chi connectivity index (χ0) is 9.84. The Balaban J connectivity index is 3.01. The first-order valence-corrected chi connectivity index (χ1v) is 3.64. The minimum atomic E-state index is -1.20. The second kappa shape index (κ2) is 3.92. The molecule has 0 aromatic carbocycles. The average Bonchev–Trinajstić information content (AvgIpc) is 2.08. The largest absolute Gasteiger partial charge is 0.465 e. The van der Waals surface area contributed by atoms with Crippen molar-refractivity contribution in [3.63, 3.8) is 0 Å². The topological polar surface area (TPSA) is 100 Å². The van der Waals surface area contributed by atoms with Crippen LogP contribution >= 0.6 is 11.6 Å². The molecule has 0 bridgehead atoms. The van der Waals surface area contributed by atoms with E-state index in [9.17, 15) is 4.79 Å². The number of pyridine rings is 1. The maximum atomic E-state index is 10.3. The van der Waals surface area contributed by atoms with Gasteiger partial charge in [-0.25, -0.2) is 15.6 Å². The number of nitrogens with zero attached hydrogens (tertiary/aromatic N) is 1. The summed E-state index contributed by atoms with van der Waals surface area (Å²) < 4.78 is 0. The van der Waals surface area contributed by atoms with Gasteiger partial charge in [0.1, 0.15) is 5.02 Å². The molecule has 70 valence electrons. The fourth-order valence-electron chi connectivity index (χ4n) is 0.756. The Morgan fingerprint density at radius 2 is 2.38 bits per heavy atom. The van der Waals surface area contributed by atoms with Gasteiger partial charge < -0.3 is 10.5 Å². The highest BCUT2D eigenvalue weighted by atomic mass is 35.5. The highest BCUT2D eigenvalue weighted by Crippen LogP contribution is 2.26. The normalized spacial score (nSPS) is 9.38. The van der Waals surface area contributed by atoms with Crippen LogP contribution in [0.1, 0.15) is 0 Å². The Bertz CT molecular complexity index is 330. The number of nitrogens with two attached hydrogens (primary N) is 1. The molecule has 0 fully saturated rings. The molecule has 0 aliphatic heterocycles. The summed E-state index contributed by atoms with van der Waals surface area (Å²) in [6.45, 7) is 0. The number of hydrazine groups is 1. The molecule has 0 aliphatic carbocycles. The van der Waals surface area contributed by atoms with E-state index in [2.05, 4.69) is 15.7 Å². The quantitative estimate of drug-likeness (QED) is 0.425. The summed E-state index contributed by atoms with van der Waals surface area (Å²) in [6.07, 6.45) is 0.183. The fraction of sp³-hybridized carbons (Fsp3) is 0. The van der Waals surface area contributed by atoms with E-state index in [4.69, 9.17) is 22.6 Å². The molecule has 0 saturated carbocycles. The zero-order valence-electron chi connectivity index (χ0n) is 6.41.